The Kier molecular flexibility index (Phi) is 5.59. The van der Waals surface area contributed by atoms with Crippen LogP contribution >= 0.6 is 0 Å². The maximum atomic E-state index is 12.4. The van der Waals surface area contributed by atoms with Gasteiger partial charge in [-0.3, -0.25) is 0 Å². The van der Waals surface area contributed by atoms with Crippen LogP contribution < -0.4 is 10.5 Å². The summed E-state index contributed by atoms with van der Waals surface area (Å²) < 4.78 is 31.1. The number of rotatable bonds is 7. The third kappa shape index (κ3) is 3.59. The van der Waals surface area contributed by atoms with Crippen molar-refractivity contribution in [3.63, 3.8) is 0 Å². The molecule has 7 heteroatoms. The standard InChI is InChI=1S/C12H20N2O4S/c1-3-6-14(7-8-15)19(16,17)12-5-4-10(18-2)9-11(12)13/h4-5,9,15H,3,6-8,13H2,1-2H3. The Morgan fingerprint density at radius 1 is 1.37 bits per heavy atom. The molecule has 0 fully saturated rings. The number of benzene rings is 1. The summed E-state index contributed by atoms with van der Waals surface area (Å²) in [5.74, 6) is 0.501. The zero-order valence-corrected chi connectivity index (χ0v) is 12.0. The number of aliphatic hydroxyl groups is 1. The van der Waals surface area contributed by atoms with Gasteiger partial charge in [0.05, 0.1) is 19.4 Å². The molecular weight excluding hydrogens is 268 g/mol. The number of sulfonamides is 1. The van der Waals surface area contributed by atoms with Crippen LogP contribution in [-0.4, -0.2) is 44.6 Å². The Bertz CT molecular complexity index is 510. The third-order valence-electron chi connectivity index (χ3n) is 2.66. The van der Waals surface area contributed by atoms with Gasteiger partial charge in [-0.25, -0.2) is 8.42 Å². The van der Waals surface area contributed by atoms with Gasteiger partial charge in [-0.2, -0.15) is 4.31 Å². The molecule has 0 saturated heterocycles. The highest BCUT2D eigenvalue weighted by Gasteiger charge is 2.25. The first-order valence-corrected chi connectivity index (χ1v) is 7.45. The molecule has 1 rings (SSSR count). The summed E-state index contributed by atoms with van der Waals surface area (Å²) in [6, 6.07) is 4.44. The summed E-state index contributed by atoms with van der Waals surface area (Å²) in [4.78, 5) is 0.0372. The molecule has 1 aromatic rings. The van der Waals surface area contributed by atoms with Crippen molar-refractivity contribution in [2.24, 2.45) is 0 Å². The summed E-state index contributed by atoms with van der Waals surface area (Å²) in [6.07, 6.45) is 0.662. The zero-order chi connectivity index (χ0) is 14.5. The van der Waals surface area contributed by atoms with E-state index in [1.165, 1.54) is 23.5 Å². The van der Waals surface area contributed by atoms with E-state index < -0.39 is 10.0 Å². The van der Waals surface area contributed by atoms with E-state index >= 15 is 0 Å². The number of methoxy groups -OCH3 is 1. The number of hydrogen-bond acceptors (Lipinski definition) is 5. The van der Waals surface area contributed by atoms with Crippen molar-refractivity contribution >= 4 is 15.7 Å². The van der Waals surface area contributed by atoms with E-state index in [2.05, 4.69) is 0 Å². The van der Waals surface area contributed by atoms with Gasteiger partial charge < -0.3 is 15.6 Å². The van der Waals surface area contributed by atoms with E-state index in [4.69, 9.17) is 15.6 Å². The number of nitrogens with zero attached hydrogens (tertiary/aromatic N) is 1. The maximum absolute atomic E-state index is 12.4. The highest BCUT2D eigenvalue weighted by Crippen LogP contribution is 2.26. The zero-order valence-electron chi connectivity index (χ0n) is 11.2. The number of aliphatic hydroxyl groups excluding tert-OH is 1. The number of anilines is 1. The molecule has 19 heavy (non-hydrogen) atoms. The first kappa shape index (κ1) is 15.7. The van der Waals surface area contributed by atoms with Crippen LogP contribution in [0.15, 0.2) is 23.1 Å². The highest BCUT2D eigenvalue weighted by molar-refractivity contribution is 7.89. The lowest BCUT2D eigenvalue weighted by Crippen LogP contribution is -2.34. The van der Waals surface area contributed by atoms with Gasteiger partial charge in [0.2, 0.25) is 10.0 Å². The Morgan fingerprint density at radius 3 is 2.53 bits per heavy atom. The van der Waals surface area contributed by atoms with Gasteiger partial charge in [0.15, 0.2) is 0 Å². The van der Waals surface area contributed by atoms with Crippen molar-refractivity contribution in [3.05, 3.63) is 18.2 Å². The first-order valence-electron chi connectivity index (χ1n) is 6.01. The minimum Gasteiger partial charge on any atom is -0.497 e. The summed E-state index contributed by atoms with van der Waals surface area (Å²) in [5, 5.41) is 8.97. The molecule has 0 aliphatic rings. The fraction of sp³-hybridized carbons (Fsp3) is 0.500. The first-order chi connectivity index (χ1) is 8.97. The molecule has 0 amide bonds. The van der Waals surface area contributed by atoms with Crippen LogP contribution in [0.1, 0.15) is 13.3 Å². The molecule has 0 radical (unpaired) electrons. The SMILES string of the molecule is CCCN(CCO)S(=O)(=O)c1ccc(OC)cc1N. The van der Waals surface area contributed by atoms with Crippen LogP contribution in [0.2, 0.25) is 0 Å². The molecule has 0 heterocycles. The van der Waals surface area contributed by atoms with Gasteiger partial charge in [-0.1, -0.05) is 6.92 Å². The fourth-order valence-electron chi connectivity index (χ4n) is 1.74. The predicted octanol–water partition coefficient (Wildman–Crippen LogP) is 0.670. The smallest absolute Gasteiger partial charge is 0.245 e. The summed E-state index contributed by atoms with van der Waals surface area (Å²) in [6.45, 7) is 2.04. The second kappa shape index (κ2) is 6.74. The summed E-state index contributed by atoms with van der Waals surface area (Å²) in [7, 11) is -2.20. The minimum atomic E-state index is -3.69. The average Bonchev–Trinajstić information content (AvgIpc) is 2.38. The second-order valence-electron chi connectivity index (χ2n) is 4.03. The second-order valence-corrected chi connectivity index (χ2v) is 5.94. The molecule has 0 bridgehead atoms. The van der Waals surface area contributed by atoms with E-state index in [0.717, 1.165) is 0 Å². The Hall–Kier alpha value is -1.31. The van der Waals surface area contributed by atoms with Gasteiger partial charge in [-0.05, 0) is 18.6 Å². The van der Waals surface area contributed by atoms with Crippen molar-refractivity contribution < 1.29 is 18.3 Å². The van der Waals surface area contributed by atoms with Gasteiger partial charge in [-0.15, -0.1) is 0 Å². The van der Waals surface area contributed by atoms with Crippen molar-refractivity contribution in [1.29, 1.82) is 0 Å². The molecule has 1 aromatic carbocycles. The maximum Gasteiger partial charge on any atom is 0.245 e. The van der Waals surface area contributed by atoms with Gasteiger partial charge >= 0.3 is 0 Å². The third-order valence-corrected chi connectivity index (χ3v) is 4.63. The lowest BCUT2D eigenvalue weighted by Gasteiger charge is -2.21. The van der Waals surface area contributed by atoms with E-state index in [9.17, 15) is 8.42 Å². The topological polar surface area (TPSA) is 92.9 Å². The van der Waals surface area contributed by atoms with Crippen LogP contribution in [0, 0.1) is 0 Å². The molecule has 0 saturated carbocycles. The average molecular weight is 288 g/mol. The van der Waals surface area contributed by atoms with E-state index in [1.54, 1.807) is 6.07 Å². The highest BCUT2D eigenvalue weighted by atomic mass is 32.2. The number of nitrogens with two attached hydrogens (primary N) is 1. The molecule has 0 unspecified atom stereocenters. The monoisotopic (exact) mass is 288 g/mol. The predicted molar refractivity (Wildman–Crippen MR) is 73.5 cm³/mol. The molecule has 3 N–H and O–H groups in total. The number of hydrogen-bond donors (Lipinski definition) is 2. The molecule has 0 atom stereocenters. The van der Waals surface area contributed by atoms with Crippen LogP contribution in [0.3, 0.4) is 0 Å². The molecule has 0 aromatic heterocycles. The summed E-state index contributed by atoms with van der Waals surface area (Å²) >= 11 is 0. The lowest BCUT2D eigenvalue weighted by atomic mass is 10.3. The van der Waals surface area contributed by atoms with Crippen molar-refractivity contribution in [2.75, 3.05) is 32.5 Å². The van der Waals surface area contributed by atoms with Crippen LogP contribution in [-0.2, 0) is 10.0 Å². The Labute approximate surface area is 113 Å². The molecule has 0 spiro atoms. The van der Waals surface area contributed by atoms with Gasteiger partial charge in [0, 0.05) is 19.2 Å². The summed E-state index contributed by atoms with van der Waals surface area (Å²) in [5.41, 5.74) is 5.90. The lowest BCUT2D eigenvalue weighted by molar-refractivity contribution is 0.253. The minimum absolute atomic E-state index is 0.0372. The van der Waals surface area contributed by atoms with Gasteiger partial charge in [0.1, 0.15) is 10.6 Å². The number of ether oxygens (including phenoxy) is 1. The fourth-order valence-corrected chi connectivity index (χ4v) is 3.36. The van der Waals surface area contributed by atoms with Crippen molar-refractivity contribution in [3.8, 4) is 5.75 Å². The molecule has 6 nitrogen and oxygen atoms in total. The number of nitrogen functional groups attached to an aromatic ring is 1. The van der Waals surface area contributed by atoms with Crippen molar-refractivity contribution in [2.45, 2.75) is 18.2 Å². The Morgan fingerprint density at radius 2 is 2.05 bits per heavy atom. The molecular formula is C12H20N2O4S. The largest absolute Gasteiger partial charge is 0.497 e. The van der Waals surface area contributed by atoms with Crippen molar-refractivity contribution in [1.82, 2.24) is 4.31 Å². The van der Waals surface area contributed by atoms with E-state index in [0.29, 0.717) is 18.7 Å². The normalized spacial score (nSPS) is 11.8. The van der Waals surface area contributed by atoms with Gasteiger partial charge in [0.25, 0.3) is 0 Å². The quantitative estimate of drug-likeness (QED) is 0.719. The van der Waals surface area contributed by atoms with E-state index in [-0.39, 0.29) is 23.7 Å². The van der Waals surface area contributed by atoms with E-state index in [1.807, 2.05) is 6.92 Å². The molecule has 0 aliphatic carbocycles. The van der Waals surface area contributed by atoms with Crippen LogP contribution in [0.5, 0.6) is 5.75 Å². The molecule has 0 aliphatic heterocycles. The molecule has 108 valence electrons. The van der Waals surface area contributed by atoms with Crippen LogP contribution in [0.25, 0.3) is 0 Å². The Balaban J connectivity index is 3.17. The van der Waals surface area contributed by atoms with Crippen LogP contribution in [0.4, 0.5) is 5.69 Å².